The first-order valence-corrected chi connectivity index (χ1v) is 8.92. The van der Waals surface area contributed by atoms with E-state index in [-0.39, 0.29) is 24.0 Å². The number of amides is 1. The van der Waals surface area contributed by atoms with Crippen molar-refractivity contribution in [3.05, 3.63) is 29.8 Å². The van der Waals surface area contributed by atoms with Gasteiger partial charge in [0.1, 0.15) is 0 Å². The van der Waals surface area contributed by atoms with Gasteiger partial charge in [0.25, 0.3) is 0 Å². The largest absolute Gasteiger partial charge is 0.380 e. The van der Waals surface area contributed by atoms with Gasteiger partial charge in [-0.05, 0) is 50.8 Å². The predicted octanol–water partition coefficient (Wildman–Crippen LogP) is 2.08. The van der Waals surface area contributed by atoms with Gasteiger partial charge in [-0.15, -0.1) is 0 Å². The number of hydrogen-bond acceptors (Lipinski definition) is 4. The van der Waals surface area contributed by atoms with E-state index >= 15 is 0 Å². The molecule has 3 atom stereocenters. The van der Waals surface area contributed by atoms with Crippen molar-refractivity contribution in [2.75, 3.05) is 31.6 Å². The maximum atomic E-state index is 12.4. The number of anilines is 1. The number of nitrogens with one attached hydrogen (secondary N) is 1. The second kappa shape index (κ2) is 9.04. The summed E-state index contributed by atoms with van der Waals surface area (Å²) in [5, 5.41) is 3.08. The van der Waals surface area contributed by atoms with Crippen LogP contribution in [-0.4, -0.2) is 44.8 Å². The lowest BCUT2D eigenvalue weighted by atomic mass is 9.83. The summed E-state index contributed by atoms with van der Waals surface area (Å²) in [6.45, 7) is 6.61. The molecule has 0 spiro atoms. The highest BCUT2D eigenvalue weighted by atomic mass is 16.5. The number of nitrogens with zero attached hydrogens (tertiary/aromatic N) is 1. The van der Waals surface area contributed by atoms with E-state index in [0.717, 1.165) is 25.9 Å². The Morgan fingerprint density at radius 1 is 1.42 bits per heavy atom. The number of carbonyl (C=O) groups excluding carboxylic acids is 1. The summed E-state index contributed by atoms with van der Waals surface area (Å²) in [5.41, 5.74) is 8.55. The lowest BCUT2D eigenvalue weighted by Crippen LogP contribution is -2.46. The van der Waals surface area contributed by atoms with Crippen LogP contribution in [0.2, 0.25) is 0 Å². The minimum absolute atomic E-state index is 0.0143. The van der Waals surface area contributed by atoms with Crippen LogP contribution >= 0.6 is 0 Å². The predicted molar refractivity (Wildman–Crippen MR) is 98.2 cm³/mol. The van der Waals surface area contributed by atoms with Crippen LogP contribution < -0.4 is 16.0 Å². The van der Waals surface area contributed by atoms with Crippen LogP contribution in [0.5, 0.6) is 0 Å². The minimum Gasteiger partial charge on any atom is -0.380 e. The van der Waals surface area contributed by atoms with Gasteiger partial charge in [-0.3, -0.25) is 4.79 Å². The van der Waals surface area contributed by atoms with Crippen molar-refractivity contribution < 1.29 is 9.53 Å². The molecule has 0 aliphatic heterocycles. The van der Waals surface area contributed by atoms with Crippen LogP contribution in [0.15, 0.2) is 24.3 Å². The van der Waals surface area contributed by atoms with Gasteiger partial charge in [-0.25, -0.2) is 0 Å². The average molecular weight is 333 g/mol. The number of hydrogen-bond donors (Lipinski definition) is 2. The molecule has 0 aromatic heterocycles. The Labute approximate surface area is 145 Å². The van der Waals surface area contributed by atoms with Crippen molar-refractivity contribution in [1.29, 1.82) is 0 Å². The number of carbonyl (C=O) groups is 1. The molecule has 5 heteroatoms. The van der Waals surface area contributed by atoms with Crippen molar-refractivity contribution in [1.82, 2.24) is 5.32 Å². The highest BCUT2D eigenvalue weighted by Gasteiger charge is 2.31. The van der Waals surface area contributed by atoms with E-state index in [0.29, 0.717) is 13.0 Å². The fraction of sp³-hybridized carbons (Fsp3) is 0.632. The van der Waals surface area contributed by atoms with Gasteiger partial charge < -0.3 is 20.7 Å². The molecular weight excluding hydrogens is 302 g/mol. The molecule has 0 bridgehead atoms. The zero-order valence-electron chi connectivity index (χ0n) is 15.1. The van der Waals surface area contributed by atoms with Gasteiger partial charge in [0.15, 0.2) is 0 Å². The summed E-state index contributed by atoms with van der Waals surface area (Å²) >= 11 is 0. The first-order valence-electron chi connectivity index (χ1n) is 8.92. The van der Waals surface area contributed by atoms with Gasteiger partial charge >= 0.3 is 0 Å². The molecule has 3 N–H and O–H groups in total. The zero-order chi connectivity index (χ0) is 17.5. The number of methoxy groups -OCH3 is 1. The van der Waals surface area contributed by atoms with Crippen LogP contribution in [-0.2, 0) is 9.53 Å². The van der Waals surface area contributed by atoms with Crippen molar-refractivity contribution in [2.45, 2.75) is 45.3 Å². The highest BCUT2D eigenvalue weighted by Crippen LogP contribution is 2.25. The van der Waals surface area contributed by atoms with Crippen molar-refractivity contribution in [3.8, 4) is 0 Å². The number of benzene rings is 1. The molecule has 24 heavy (non-hydrogen) atoms. The molecule has 134 valence electrons. The monoisotopic (exact) mass is 333 g/mol. The van der Waals surface area contributed by atoms with E-state index in [4.69, 9.17) is 10.5 Å². The number of ether oxygens (including phenoxy) is 1. The number of nitrogens with two attached hydrogens (primary N) is 1. The second-order valence-corrected chi connectivity index (χ2v) is 6.66. The quantitative estimate of drug-likeness (QED) is 0.802. The standard InChI is InChI=1S/C19H31N3O2/c1-4-22(16-7-5-6-14(2)12-16)11-10-21-19(23)15-8-9-18(24-3)17(20)13-15/h5-7,12,15,17-18H,4,8-11,13,20H2,1-3H3,(H,21,23)/t15-,17+,18+/m0/s1. The maximum Gasteiger partial charge on any atom is 0.223 e. The lowest BCUT2D eigenvalue weighted by Gasteiger charge is -2.32. The minimum atomic E-state index is -0.0427. The Kier molecular flexibility index (Phi) is 7.06. The molecule has 1 aliphatic rings. The van der Waals surface area contributed by atoms with Crippen LogP contribution in [0, 0.1) is 12.8 Å². The Hall–Kier alpha value is -1.59. The fourth-order valence-corrected chi connectivity index (χ4v) is 3.46. The lowest BCUT2D eigenvalue weighted by molar-refractivity contribution is -0.127. The van der Waals surface area contributed by atoms with E-state index in [9.17, 15) is 4.79 Å². The van der Waals surface area contributed by atoms with Crippen molar-refractivity contribution in [3.63, 3.8) is 0 Å². The van der Waals surface area contributed by atoms with Crippen LogP contribution in [0.4, 0.5) is 5.69 Å². The summed E-state index contributed by atoms with van der Waals surface area (Å²) in [6, 6.07) is 8.42. The number of likely N-dealkylation sites (N-methyl/N-ethyl adjacent to an activating group) is 1. The summed E-state index contributed by atoms with van der Waals surface area (Å²) in [6.07, 6.45) is 2.51. The van der Waals surface area contributed by atoms with E-state index in [1.54, 1.807) is 7.11 Å². The average Bonchev–Trinajstić information content (AvgIpc) is 2.58. The smallest absolute Gasteiger partial charge is 0.223 e. The molecule has 1 saturated carbocycles. The summed E-state index contributed by atoms with van der Waals surface area (Å²) in [7, 11) is 1.69. The van der Waals surface area contributed by atoms with E-state index < -0.39 is 0 Å². The molecule has 0 heterocycles. The van der Waals surface area contributed by atoms with Crippen LogP contribution in [0.3, 0.4) is 0 Å². The molecule has 5 nitrogen and oxygen atoms in total. The molecule has 1 fully saturated rings. The van der Waals surface area contributed by atoms with E-state index in [2.05, 4.69) is 48.3 Å². The maximum absolute atomic E-state index is 12.4. The molecule has 1 aliphatic carbocycles. The molecular formula is C19H31N3O2. The Balaban J connectivity index is 1.79. The van der Waals surface area contributed by atoms with Gasteiger partial charge in [0.2, 0.25) is 5.91 Å². The second-order valence-electron chi connectivity index (χ2n) is 6.66. The molecule has 2 rings (SSSR count). The summed E-state index contributed by atoms with van der Waals surface area (Å²) in [5.74, 6) is 0.140. The Morgan fingerprint density at radius 3 is 2.83 bits per heavy atom. The zero-order valence-corrected chi connectivity index (χ0v) is 15.1. The summed E-state index contributed by atoms with van der Waals surface area (Å²) in [4.78, 5) is 14.7. The normalized spacial score (nSPS) is 23.8. The molecule has 1 amide bonds. The first-order chi connectivity index (χ1) is 11.5. The third-order valence-electron chi connectivity index (χ3n) is 4.94. The third kappa shape index (κ3) is 4.95. The fourth-order valence-electron chi connectivity index (χ4n) is 3.46. The molecule has 1 aromatic rings. The molecule has 0 unspecified atom stereocenters. The van der Waals surface area contributed by atoms with Gasteiger partial charge in [0, 0.05) is 44.4 Å². The highest BCUT2D eigenvalue weighted by molar-refractivity contribution is 5.78. The first kappa shape index (κ1) is 18.7. The Morgan fingerprint density at radius 2 is 2.21 bits per heavy atom. The van der Waals surface area contributed by atoms with E-state index in [1.165, 1.54) is 11.3 Å². The number of aryl methyl sites for hydroxylation is 1. The molecule has 0 saturated heterocycles. The van der Waals surface area contributed by atoms with Crippen molar-refractivity contribution in [2.24, 2.45) is 11.7 Å². The molecule has 1 aromatic carbocycles. The van der Waals surface area contributed by atoms with Gasteiger partial charge in [-0.1, -0.05) is 12.1 Å². The third-order valence-corrected chi connectivity index (χ3v) is 4.94. The van der Waals surface area contributed by atoms with E-state index in [1.807, 2.05) is 0 Å². The van der Waals surface area contributed by atoms with Crippen molar-refractivity contribution >= 4 is 11.6 Å². The number of rotatable bonds is 7. The Bertz CT molecular complexity index is 535. The summed E-state index contributed by atoms with van der Waals surface area (Å²) < 4.78 is 5.35. The van der Waals surface area contributed by atoms with Gasteiger partial charge in [-0.2, -0.15) is 0 Å². The topological polar surface area (TPSA) is 67.6 Å². The van der Waals surface area contributed by atoms with Crippen LogP contribution in [0.25, 0.3) is 0 Å². The van der Waals surface area contributed by atoms with Crippen LogP contribution in [0.1, 0.15) is 31.7 Å². The molecule has 0 radical (unpaired) electrons. The SMILES string of the molecule is CCN(CCNC(=O)[C@H]1CC[C@@H](OC)[C@H](N)C1)c1cccc(C)c1. The van der Waals surface area contributed by atoms with Gasteiger partial charge in [0.05, 0.1) is 6.10 Å².